The van der Waals surface area contributed by atoms with Crippen molar-refractivity contribution in [1.29, 1.82) is 0 Å². The number of halogens is 3. The SMILES string of the molecule is CCC(O)(CC)CNS(=O)(=O)Cc1ccccc1C(F)(F)F. The molecule has 22 heavy (non-hydrogen) atoms. The van der Waals surface area contributed by atoms with Crippen molar-refractivity contribution in [2.45, 2.75) is 44.2 Å². The summed E-state index contributed by atoms with van der Waals surface area (Å²) in [5.74, 6) is -0.786. The first kappa shape index (κ1) is 18.9. The van der Waals surface area contributed by atoms with Crippen LogP contribution in [0.2, 0.25) is 0 Å². The summed E-state index contributed by atoms with van der Waals surface area (Å²) < 4.78 is 64.7. The minimum Gasteiger partial charge on any atom is -0.389 e. The van der Waals surface area contributed by atoms with Crippen molar-refractivity contribution < 1.29 is 26.7 Å². The maximum absolute atomic E-state index is 12.9. The molecule has 0 aliphatic heterocycles. The molecule has 0 aromatic heterocycles. The number of benzene rings is 1. The van der Waals surface area contributed by atoms with E-state index in [1.54, 1.807) is 13.8 Å². The second kappa shape index (κ2) is 6.97. The van der Waals surface area contributed by atoms with Gasteiger partial charge in [0.25, 0.3) is 0 Å². The first-order valence-electron chi connectivity index (χ1n) is 6.88. The molecular formula is C14H20F3NO3S. The Labute approximate surface area is 128 Å². The van der Waals surface area contributed by atoms with E-state index in [2.05, 4.69) is 4.72 Å². The van der Waals surface area contributed by atoms with E-state index in [1.807, 2.05) is 0 Å². The summed E-state index contributed by atoms with van der Waals surface area (Å²) in [6.45, 7) is 3.18. The third-order valence-electron chi connectivity index (χ3n) is 3.61. The van der Waals surface area contributed by atoms with E-state index in [0.29, 0.717) is 12.8 Å². The predicted molar refractivity (Wildman–Crippen MR) is 77.6 cm³/mol. The lowest BCUT2D eigenvalue weighted by atomic mass is 9.98. The number of aliphatic hydroxyl groups is 1. The molecule has 0 saturated carbocycles. The summed E-state index contributed by atoms with van der Waals surface area (Å²) >= 11 is 0. The van der Waals surface area contributed by atoms with E-state index >= 15 is 0 Å². The minimum absolute atomic E-state index is 0.226. The highest BCUT2D eigenvalue weighted by Crippen LogP contribution is 2.32. The van der Waals surface area contributed by atoms with Crippen molar-refractivity contribution in [3.05, 3.63) is 35.4 Å². The van der Waals surface area contributed by atoms with Crippen LogP contribution in [0.3, 0.4) is 0 Å². The monoisotopic (exact) mass is 339 g/mol. The number of sulfonamides is 1. The zero-order chi connectivity index (χ0) is 17.0. The molecular weight excluding hydrogens is 319 g/mol. The lowest BCUT2D eigenvalue weighted by molar-refractivity contribution is -0.138. The lowest BCUT2D eigenvalue weighted by Crippen LogP contribution is -2.42. The third kappa shape index (κ3) is 5.26. The summed E-state index contributed by atoms with van der Waals surface area (Å²) in [4.78, 5) is 0. The molecule has 0 fully saturated rings. The molecule has 0 heterocycles. The zero-order valence-electron chi connectivity index (χ0n) is 12.4. The van der Waals surface area contributed by atoms with Crippen molar-refractivity contribution in [3.8, 4) is 0 Å². The van der Waals surface area contributed by atoms with Gasteiger partial charge >= 0.3 is 6.18 Å². The first-order chi connectivity index (χ1) is 10.0. The Kier molecular flexibility index (Phi) is 6.00. The molecule has 0 atom stereocenters. The van der Waals surface area contributed by atoms with Crippen molar-refractivity contribution in [2.24, 2.45) is 0 Å². The quantitative estimate of drug-likeness (QED) is 0.803. The van der Waals surface area contributed by atoms with Crippen LogP contribution < -0.4 is 4.72 Å². The second-order valence-electron chi connectivity index (χ2n) is 5.17. The summed E-state index contributed by atoms with van der Waals surface area (Å²) in [5, 5.41) is 10.0. The highest BCUT2D eigenvalue weighted by Gasteiger charge is 2.34. The van der Waals surface area contributed by atoms with Gasteiger partial charge in [0.15, 0.2) is 0 Å². The van der Waals surface area contributed by atoms with Crippen LogP contribution in [-0.4, -0.2) is 25.7 Å². The van der Waals surface area contributed by atoms with Crippen LogP contribution in [0, 0.1) is 0 Å². The normalized spacial score (nSPS) is 13.4. The van der Waals surface area contributed by atoms with Gasteiger partial charge in [0.05, 0.1) is 16.9 Å². The average Bonchev–Trinajstić information content (AvgIpc) is 2.44. The Hall–Kier alpha value is -1.12. The van der Waals surface area contributed by atoms with Gasteiger partial charge in [0, 0.05) is 6.54 Å². The van der Waals surface area contributed by atoms with Gasteiger partial charge in [-0.25, -0.2) is 13.1 Å². The molecule has 0 bridgehead atoms. The Morgan fingerprint density at radius 3 is 2.18 bits per heavy atom. The number of nitrogens with one attached hydrogen (secondary N) is 1. The van der Waals surface area contributed by atoms with Gasteiger partial charge in [0.1, 0.15) is 0 Å². The molecule has 126 valence electrons. The van der Waals surface area contributed by atoms with Crippen LogP contribution in [-0.2, 0) is 22.0 Å². The van der Waals surface area contributed by atoms with Gasteiger partial charge in [-0.15, -0.1) is 0 Å². The predicted octanol–water partition coefficient (Wildman–Crippen LogP) is 2.68. The molecule has 0 unspecified atom stereocenters. The first-order valence-corrected chi connectivity index (χ1v) is 8.53. The van der Waals surface area contributed by atoms with Gasteiger partial charge in [0.2, 0.25) is 10.0 Å². The molecule has 0 spiro atoms. The molecule has 1 rings (SSSR count). The Morgan fingerprint density at radius 1 is 1.14 bits per heavy atom. The van der Waals surface area contributed by atoms with Crippen LogP contribution in [0.5, 0.6) is 0 Å². The molecule has 0 aliphatic carbocycles. The summed E-state index contributed by atoms with van der Waals surface area (Å²) in [6, 6.07) is 4.54. The van der Waals surface area contributed by atoms with Gasteiger partial charge < -0.3 is 5.11 Å². The van der Waals surface area contributed by atoms with E-state index in [1.165, 1.54) is 12.1 Å². The van der Waals surface area contributed by atoms with Crippen molar-refractivity contribution in [1.82, 2.24) is 4.72 Å². The summed E-state index contributed by atoms with van der Waals surface area (Å²) in [6.07, 6.45) is -3.93. The number of alkyl halides is 3. The third-order valence-corrected chi connectivity index (χ3v) is 4.88. The molecule has 1 aromatic carbocycles. The van der Waals surface area contributed by atoms with Gasteiger partial charge in [-0.1, -0.05) is 32.0 Å². The zero-order valence-corrected chi connectivity index (χ0v) is 13.3. The average molecular weight is 339 g/mol. The van der Waals surface area contributed by atoms with E-state index in [0.717, 1.165) is 12.1 Å². The van der Waals surface area contributed by atoms with E-state index in [9.17, 15) is 26.7 Å². The largest absolute Gasteiger partial charge is 0.416 e. The van der Waals surface area contributed by atoms with E-state index < -0.39 is 33.1 Å². The maximum atomic E-state index is 12.9. The molecule has 2 N–H and O–H groups in total. The molecule has 8 heteroatoms. The van der Waals surface area contributed by atoms with Crippen LogP contribution in [0.15, 0.2) is 24.3 Å². The highest BCUT2D eigenvalue weighted by atomic mass is 32.2. The maximum Gasteiger partial charge on any atom is 0.416 e. The molecule has 0 amide bonds. The van der Waals surface area contributed by atoms with Crippen molar-refractivity contribution in [3.63, 3.8) is 0 Å². The van der Waals surface area contributed by atoms with Crippen LogP contribution in [0.1, 0.15) is 37.8 Å². The van der Waals surface area contributed by atoms with Crippen molar-refractivity contribution >= 4 is 10.0 Å². The fourth-order valence-corrected chi connectivity index (χ4v) is 3.17. The number of hydrogen-bond acceptors (Lipinski definition) is 3. The standard InChI is InChI=1S/C14H20F3NO3S/c1-3-13(19,4-2)10-18-22(20,21)9-11-7-5-6-8-12(11)14(15,16)17/h5-8,18-19H,3-4,9-10H2,1-2H3. The topological polar surface area (TPSA) is 66.4 Å². The second-order valence-corrected chi connectivity index (χ2v) is 6.97. The fraction of sp³-hybridized carbons (Fsp3) is 0.571. The Bertz CT molecular complexity index is 596. The Morgan fingerprint density at radius 2 is 1.68 bits per heavy atom. The van der Waals surface area contributed by atoms with Gasteiger partial charge in [-0.05, 0) is 24.5 Å². The highest BCUT2D eigenvalue weighted by molar-refractivity contribution is 7.88. The minimum atomic E-state index is -4.61. The summed E-state index contributed by atoms with van der Waals surface area (Å²) in [5.41, 5.74) is -2.49. The van der Waals surface area contributed by atoms with E-state index in [4.69, 9.17) is 0 Å². The molecule has 0 radical (unpaired) electrons. The number of hydrogen-bond donors (Lipinski definition) is 2. The van der Waals surface area contributed by atoms with Crippen LogP contribution in [0.25, 0.3) is 0 Å². The lowest BCUT2D eigenvalue weighted by Gasteiger charge is -2.25. The van der Waals surface area contributed by atoms with Gasteiger partial charge in [-0.2, -0.15) is 13.2 Å². The van der Waals surface area contributed by atoms with Crippen molar-refractivity contribution in [2.75, 3.05) is 6.54 Å². The Balaban J connectivity index is 2.91. The van der Waals surface area contributed by atoms with E-state index in [-0.39, 0.29) is 12.1 Å². The molecule has 1 aromatic rings. The smallest absolute Gasteiger partial charge is 0.389 e. The fourth-order valence-electron chi connectivity index (χ4n) is 1.92. The molecule has 0 saturated heterocycles. The molecule has 4 nitrogen and oxygen atoms in total. The van der Waals surface area contributed by atoms with Gasteiger partial charge in [-0.3, -0.25) is 0 Å². The molecule has 0 aliphatic rings. The summed E-state index contributed by atoms with van der Waals surface area (Å²) in [7, 11) is -3.98. The van der Waals surface area contributed by atoms with Crippen LogP contribution >= 0.6 is 0 Å². The number of rotatable bonds is 7. The van der Waals surface area contributed by atoms with Crippen LogP contribution in [0.4, 0.5) is 13.2 Å².